The molecule has 0 N–H and O–H groups in total. The maximum Gasteiger partial charge on any atom is 0.0934 e. The van der Waals surface area contributed by atoms with Crippen LogP contribution in [0.2, 0.25) is 0 Å². The van der Waals surface area contributed by atoms with Gasteiger partial charge in [-0.25, -0.2) is 0 Å². The zero-order valence-corrected chi connectivity index (χ0v) is 7.55. The molecule has 0 fully saturated rings. The van der Waals surface area contributed by atoms with E-state index in [-0.39, 0.29) is 0 Å². The van der Waals surface area contributed by atoms with E-state index in [0.717, 1.165) is 6.42 Å². The Balaban J connectivity index is 2.35. The lowest BCUT2D eigenvalue weighted by Gasteiger charge is -2.16. The SMILES string of the molecule is CC(C)(C)CCc1ccoc1. The van der Waals surface area contributed by atoms with Gasteiger partial charge in [-0.15, -0.1) is 0 Å². The molecular weight excluding hydrogens is 136 g/mol. The van der Waals surface area contributed by atoms with Crippen molar-refractivity contribution in [2.45, 2.75) is 33.6 Å². The Labute approximate surface area is 68.4 Å². The first-order chi connectivity index (χ1) is 5.08. The third kappa shape index (κ3) is 3.26. The second kappa shape index (κ2) is 3.12. The number of furan rings is 1. The van der Waals surface area contributed by atoms with Gasteiger partial charge in [0.1, 0.15) is 0 Å². The van der Waals surface area contributed by atoms with E-state index in [1.165, 1.54) is 12.0 Å². The Morgan fingerprint density at radius 1 is 1.36 bits per heavy atom. The van der Waals surface area contributed by atoms with E-state index >= 15 is 0 Å². The van der Waals surface area contributed by atoms with Crippen molar-refractivity contribution in [3.63, 3.8) is 0 Å². The monoisotopic (exact) mass is 152 g/mol. The lowest BCUT2D eigenvalue weighted by molar-refractivity contribution is 0.377. The van der Waals surface area contributed by atoms with Crippen LogP contribution in [0.15, 0.2) is 23.0 Å². The fourth-order valence-electron chi connectivity index (χ4n) is 0.954. The summed E-state index contributed by atoms with van der Waals surface area (Å²) < 4.78 is 4.98. The quantitative estimate of drug-likeness (QED) is 0.634. The fraction of sp³-hybridized carbons (Fsp3) is 0.600. The van der Waals surface area contributed by atoms with Gasteiger partial charge in [0.25, 0.3) is 0 Å². The summed E-state index contributed by atoms with van der Waals surface area (Å²) >= 11 is 0. The highest BCUT2D eigenvalue weighted by Crippen LogP contribution is 2.21. The van der Waals surface area contributed by atoms with Crippen molar-refractivity contribution in [1.29, 1.82) is 0 Å². The number of aryl methyl sites for hydroxylation is 1. The van der Waals surface area contributed by atoms with Crippen LogP contribution < -0.4 is 0 Å². The molecule has 0 amide bonds. The van der Waals surface area contributed by atoms with E-state index in [4.69, 9.17) is 4.42 Å². The summed E-state index contributed by atoms with van der Waals surface area (Å²) in [5.41, 5.74) is 1.73. The van der Waals surface area contributed by atoms with Crippen LogP contribution in [0.4, 0.5) is 0 Å². The number of rotatable bonds is 2. The molecule has 0 aliphatic carbocycles. The van der Waals surface area contributed by atoms with Crippen molar-refractivity contribution in [2.24, 2.45) is 5.41 Å². The van der Waals surface area contributed by atoms with Gasteiger partial charge in [-0.05, 0) is 29.9 Å². The third-order valence-electron chi connectivity index (χ3n) is 1.74. The average Bonchev–Trinajstić information content (AvgIpc) is 2.32. The van der Waals surface area contributed by atoms with Crippen LogP contribution in [-0.4, -0.2) is 0 Å². The molecule has 0 saturated heterocycles. The summed E-state index contributed by atoms with van der Waals surface area (Å²) in [4.78, 5) is 0. The van der Waals surface area contributed by atoms with Crippen LogP contribution in [0.25, 0.3) is 0 Å². The summed E-state index contributed by atoms with van der Waals surface area (Å²) in [5.74, 6) is 0. The van der Waals surface area contributed by atoms with Gasteiger partial charge in [0.15, 0.2) is 0 Å². The highest BCUT2D eigenvalue weighted by atomic mass is 16.3. The molecule has 0 saturated carbocycles. The Morgan fingerprint density at radius 3 is 2.55 bits per heavy atom. The highest BCUT2D eigenvalue weighted by Gasteiger charge is 2.09. The summed E-state index contributed by atoms with van der Waals surface area (Å²) in [7, 11) is 0. The highest BCUT2D eigenvalue weighted by molar-refractivity contribution is 5.05. The number of hydrogen-bond donors (Lipinski definition) is 0. The molecule has 0 radical (unpaired) electrons. The Kier molecular flexibility index (Phi) is 2.38. The molecule has 0 aliphatic rings. The van der Waals surface area contributed by atoms with E-state index in [9.17, 15) is 0 Å². The smallest absolute Gasteiger partial charge is 0.0934 e. The molecule has 0 spiro atoms. The molecule has 1 heterocycles. The van der Waals surface area contributed by atoms with Crippen LogP contribution in [0.1, 0.15) is 32.8 Å². The third-order valence-corrected chi connectivity index (χ3v) is 1.74. The minimum Gasteiger partial charge on any atom is -0.472 e. The van der Waals surface area contributed by atoms with Gasteiger partial charge >= 0.3 is 0 Å². The summed E-state index contributed by atoms with van der Waals surface area (Å²) in [5, 5.41) is 0. The second-order valence-electron chi connectivity index (χ2n) is 4.19. The first-order valence-electron chi connectivity index (χ1n) is 4.09. The lowest BCUT2D eigenvalue weighted by Crippen LogP contribution is -2.05. The molecule has 0 aliphatic heterocycles. The van der Waals surface area contributed by atoms with Crippen LogP contribution in [0, 0.1) is 5.41 Å². The maximum absolute atomic E-state index is 4.98. The zero-order chi connectivity index (χ0) is 8.32. The van der Waals surface area contributed by atoms with Gasteiger partial charge in [0.2, 0.25) is 0 Å². The molecule has 1 nitrogen and oxygen atoms in total. The molecule has 0 atom stereocenters. The molecule has 0 aromatic carbocycles. The van der Waals surface area contributed by atoms with Crippen molar-refractivity contribution in [3.05, 3.63) is 24.2 Å². The van der Waals surface area contributed by atoms with E-state index in [2.05, 4.69) is 20.8 Å². The molecule has 1 aromatic heterocycles. The lowest BCUT2D eigenvalue weighted by atomic mass is 9.89. The van der Waals surface area contributed by atoms with Gasteiger partial charge < -0.3 is 4.42 Å². The van der Waals surface area contributed by atoms with Crippen LogP contribution in [-0.2, 0) is 6.42 Å². The van der Waals surface area contributed by atoms with Crippen molar-refractivity contribution in [3.8, 4) is 0 Å². The normalized spacial score (nSPS) is 11.9. The summed E-state index contributed by atoms with van der Waals surface area (Å²) in [6, 6.07) is 2.03. The Morgan fingerprint density at radius 2 is 2.09 bits per heavy atom. The fourth-order valence-corrected chi connectivity index (χ4v) is 0.954. The van der Waals surface area contributed by atoms with Gasteiger partial charge in [-0.3, -0.25) is 0 Å². The standard InChI is InChI=1S/C10H16O/c1-10(2,3)6-4-9-5-7-11-8-9/h5,7-8H,4,6H2,1-3H3. The number of hydrogen-bond acceptors (Lipinski definition) is 1. The summed E-state index contributed by atoms with van der Waals surface area (Å²) in [6.45, 7) is 6.77. The van der Waals surface area contributed by atoms with E-state index in [1.807, 2.05) is 12.3 Å². The van der Waals surface area contributed by atoms with Crippen LogP contribution in [0.5, 0.6) is 0 Å². The Bertz CT molecular complexity index is 191. The minimum absolute atomic E-state index is 0.428. The van der Waals surface area contributed by atoms with Crippen molar-refractivity contribution < 1.29 is 4.42 Å². The Hall–Kier alpha value is -0.720. The molecule has 0 bridgehead atoms. The van der Waals surface area contributed by atoms with Gasteiger partial charge in [0, 0.05) is 0 Å². The van der Waals surface area contributed by atoms with E-state index in [1.54, 1.807) is 6.26 Å². The summed E-state index contributed by atoms with van der Waals surface area (Å²) in [6.07, 6.45) is 5.90. The predicted molar refractivity (Wildman–Crippen MR) is 46.5 cm³/mol. The van der Waals surface area contributed by atoms with Crippen molar-refractivity contribution in [1.82, 2.24) is 0 Å². The van der Waals surface area contributed by atoms with Gasteiger partial charge in [-0.1, -0.05) is 20.8 Å². The molecular formula is C10H16O. The van der Waals surface area contributed by atoms with Crippen LogP contribution >= 0.6 is 0 Å². The van der Waals surface area contributed by atoms with Crippen LogP contribution in [0.3, 0.4) is 0 Å². The molecule has 1 aromatic rings. The largest absolute Gasteiger partial charge is 0.472 e. The molecule has 11 heavy (non-hydrogen) atoms. The van der Waals surface area contributed by atoms with Gasteiger partial charge in [-0.2, -0.15) is 0 Å². The van der Waals surface area contributed by atoms with E-state index < -0.39 is 0 Å². The van der Waals surface area contributed by atoms with E-state index in [0.29, 0.717) is 5.41 Å². The van der Waals surface area contributed by atoms with Gasteiger partial charge in [0.05, 0.1) is 12.5 Å². The second-order valence-corrected chi connectivity index (χ2v) is 4.19. The maximum atomic E-state index is 4.98. The topological polar surface area (TPSA) is 13.1 Å². The molecule has 0 unspecified atom stereocenters. The van der Waals surface area contributed by atoms with Crippen molar-refractivity contribution >= 4 is 0 Å². The predicted octanol–water partition coefficient (Wildman–Crippen LogP) is 3.26. The first kappa shape index (κ1) is 8.38. The first-order valence-corrected chi connectivity index (χ1v) is 4.09. The molecule has 62 valence electrons. The molecule has 1 rings (SSSR count). The van der Waals surface area contributed by atoms with Crippen molar-refractivity contribution in [2.75, 3.05) is 0 Å². The molecule has 1 heteroatoms. The average molecular weight is 152 g/mol. The minimum atomic E-state index is 0.428. The zero-order valence-electron chi connectivity index (χ0n) is 7.55.